The molecule has 0 saturated heterocycles. The SMILES string of the molecule is Cn1ccc(C(O)c2cccc(C(F)(F)F)c2)n1. The van der Waals surface area contributed by atoms with Gasteiger partial charge in [-0.1, -0.05) is 12.1 Å². The van der Waals surface area contributed by atoms with Crippen molar-refractivity contribution in [2.75, 3.05) is 0 Å². The largest absolute Gasteiger partial charge is 0.416 e. The first kappa shape index (κ1) is 12.6. The van der Waals surface area contributed by atoms with E-state index in [2.05, 4.69) is 5.10 Å². The Labute approximate surface area is 101 Å². The molecular weight excluding hydrogens is 245 g/mol. The van der Waals surface area contributed by atoms with E-state index in [-0.39, 0.29) is 5.56 Å². The first-order chi connectivity index (χ1) is 8.38. The highest BCUT2D eigenvalue weighted by atomic mass is 19.4. The molecule has 2 aromatic rings. The molecule has 1 aromatic heterocycles. The van der Waals surface area contributed by atoms with Gasteiger partial charge in [-0.15, -0.1) is 0 Å². The highest BCUT2D eigenvalue weighted by Gasteiger charge is 2.31. The summed E-state index contributed by atoms with van der Waals surface area (Å²) in [5.41, 5.74) is -0.296. The summed E-state index contributed by atoms with van der Waals surface area (Å²) in [5, 5.41) is 13.9. The molecule has 0 saturated carbocycles. The predicted molar refractivity (Wildman–Crippen MR) is 58.7 cm³/mol. The van der Waals surface area contributed by atoms with Crippen LogP contribution in [-0.2, 0) is 13.2 Å². The van der Waals surface area contributed by atoms with Crippen LogP contribution < -0.4 is 0 Å². The van der Waals surface area contributed by atoms with E-state index in [0.717, 1.165) is 12.1 Å². The van der Waals surface area contributed by atoms with Crippen molar-refractivity contribution in [3.63, 3.8) is 0 Å². The number of aromatic nitrogens is 2. The maximum Gasteiger partial charge on any atom is 0.416 e. The van der Waals surface area contributed by atoms with E-state index in [1.807, 2.05) is 0 Å². The van der Waals surface area contributed by atoms with Crippen molar-refractivity contribution in [1.82, 2.24) is 9.78 Å². The molecule has 1 N–H and O–H groups in total. The van der Waals surface area contributed by atoms with E-state index < -0.39 is 17.8 Å². The van der Waals surface area contributed by atoms with Gasteiger partial charge in [0.2, 0.25) is 0 Å². The van der Waals surface area contributed by atoms with E-state index in [0.29, 0.717) is 5.69 Å². The first-order valence-electron chi connectivity index (χ1n) is 5.22. The molecule has 1 atom stereocenters. The van der Waals surface area contributed by atoms with Crippen molar-refractivity contribution in [3.05, 3.63) is 53.3 Å². The molecule has 1 unspecified atom stereocenters. The zero-order chi connectivity index (χ0) is 13.3. The van der Waals surface area contributed by atoms with Crippen LogP contribution >= 0.6 is 0 Å². The average Bonchev–Trinajstić information content (AvgIpc) is 2.74. The summed E-state index contributed by atoms with van der Waals surface area (Å²) < 4.78 is 39.1. The standard InChI is InChI=1S/C12H11F3N2O/c1-17-6-5-10(16-17)11(18)8-3-2-4-9(7-8)12(13,14)15/h2-7,11,18H,1H3. The number of halogens is 3. The summed E-state index contributed by atoms with van der Waals surface area (Å²) in [6.45, 7) is 0. The highest BCUT2D eigenvalue weighted by Crippen LogP contribution is 2.31. The van der Waals surface area contributed by atoms with Crippen LogP contribution in [0.2, 0.25) is 0 Å². The van der Waals surface area contributed by atoms with Gasteiger partial charge in [-0.05, 0) is 23.8 Å². The van der Waals surface area contributed by atoms with Crippen LogP contribution in [-0.4, -0.2) is 14.9 Å². The number of nitrogens with zero attached hydrogens (tertiary/aromatic N) is 2. The maximum absolute atomic E-state index is 12.5. The molecule has 0 fully saturated rings. The van der Waals surface area contributed by atoms with E-state index in [9.17, 15) is 18.3 Å². The second-order valence-electron chi connectivity index (χ2n) is 3.94. The fourth-order valence-corrected chi connectivity index (χ4v) is 1.63. The molecule has 1 aromatic carbocycles. The summed E-state index contributed by atoms with van der Waals surface area (Å²) in [6.07, 6.45) is -3.96. The highest BCUT2D eigenvalue weighted by molar-refractivity contribution is 5.30. The Kier molecular flexibility index (Phi) is 3.13. The number of aliphatic hydroxyl groups is 1. The fraction of sp³-hybridized carbons (Fsp3) is 0.250. The molecule has 96 valence electrons. The average molecular weight is 256 g/mol. The van der Waals surface area contributed by atoms with Crippen LogP contribution in [0.4, 0.5) is 13.2 Å². The fourth-order valence-electron chi connectivity index (χ4n) is 1.63. The monoisotopic (exact) mass is 256 g/mol. The molecular formula is C12H11F3N2O. The van der Waals surface area contributed by atoms with Gasteiger partial charge in [-0.25, -0.2) is 0 Å². The third-order valence-electron chi connectivity index (χ3n) is 2.54. The lowest BCUT2D eigenvalue weighted by Crippen LogP contribution is -2.07. The molecule has 0 spiro atoms. The number of hydrogen-bond acceptors (Lipinski definition) is 2. The minimum atomic E-state index is -4.42. The van der Waals surface area contributed by atoms with Gasteiger partial charge >= 0.3 is 6.18 Å². The van der Waals surface area contributed by atoms with Crippen molar-refractivity contribution in [2.45, 2.75) is 12.3 Å². The van der Waals surface area contributed by atoms with Crippen molar-refractivity contribution in [2.24, 2.45) is 7.05 Å². The van der Waals surface area contributed by atoms with E-state index in [1.54, 1.807) is 19.3 Å². The predicted octanol–water partition coefficient (Wildman–Crippen LogP) is 2.52. The van der Waals surface area contributed by atoms with Crippen molar-refractivity contribution in [3.8, 4) is 0 Å². The Morgan fingerprint density at radius 1 is 1.28 bits per heavy atom. The molecule has 0 radical (unpaired) electrons. The van der Waals surface area contributed by atoms with Gasteiger partial charge in [0.15, 0.2) is 0 Å². The zero-order valence-electron chi connectivity index (χ0n) is 9.52. The second kappa shape index (κ2) is 4.45. The minimum absolute atomic E-state index is 0.170. The molecule has 0 amide bonds. The Bertz CT molecular complexity index is 548. The van der Waals surface area contributed by atoms with Gasteiger partial charge in [0.25, 0.3) is 0 Å². The molecule has 0 aliphatic carbocycles. The van der Waals surface area contributed by atoms with Crippen LogP contribution in [0.25, 0.3) is 0 Å². The van der Waals surface area contributed by atoms with Gasteiger partial charge in [0, 0.05) is 13.2 Å². The zero-order valence-corrected chi connectivity index (χ0v) is 9.52. The van der Waals surface area contributed by atoms with Crippen LogP contribution in [0.1, 0.15) is 22.9 Å². The topological polar surface area (TPSA) is 38.0 Å². The number of benzene rings is 1. The summed E-state index contributed by atoms with van der Waals surface area (Å²) in [6, 6.07) is 6.16. The maximum atomic E-state index is 12.5. The van der Waals surface area contributed by atoms with Crippen LogP contribution in [0.3, 0.4) is 0 Å². The normalized spacial score (nSPS) is 13.6. The minimum Gasteiger partial charge on any atom is -0.382 e. The summed E-state index contributed by atoms with van der Waals surface area (Å²) in [4.78, 5) is 0. The lowest BCUT2D eigenvalue weighted by atomic mass is 10.0. The van der Waals surface area contributed by atoms with Crippen molar-refractivity contribution >= 4 is 0 Å². The second-order valence-corrected chi connectivity index (χ2v) is 3.94. The van der Waals surface area contributed by atoms with Gasteiger partial charge in [-0.2, -0.15) is 18.3 Å². The Morgan fingerprint density at radius 3 is 2.56 bits per heavy atom. The van der Waals surface area contributed by atoms with E-state index in [1.165, 1.54) is 16.8 Å². The number of aryl methyl sites for hydroxylation is 1. The van der Waals surface area contributed by atoms with E-state index in [4.69, 9.17) is 0 Å². The number of aliphatic hydroxyl groups excluding tert-OH is 1. The Morgan fingerprint density at radius 2 is 2.00 bits per heavy atom. The van der Waals surface area contributed by atoms with Gasteiger partial charge in [0.05, 0.1) is 11.3 Å². The quantitative estimate of drug-likeness (QED) is 0.896. The summed E-state index contributed by atoms with van der Waals surface area (Å²) in [5.74, 6) is 0. The molecule has 2 rings (SSSR count). The smallest absolute Gasteiger partial charge is 0.382 e. The Balaban J connectivity index is 2.34. The van der Waals surface area contributed by atoms with Crippen molar-refractivity contribution < 1.29 is 18.3 Å². The Hall–Kier alpha value is -1.82. The van der Waals surface area contributed by atoms with Crippen LogP contribution in [0, 0.1) is 0 Å². The molecule has 6 heteroatoms. The molecule has 3 nitrogen and oxygen atoms in total. The van der Waals surface area contributed by atoms with Crippen LogP contribution in [0.5, 0.6) is 0 Å². The summed E-state index contributed by atoms with van der Waals surface area (Å²) >= 11 is 0. The number of rotatable bonds is 2. The van der Waals surface area contributed by atoms with E-state index >= 15 is 0 Å². The summed E-state index contributed by atoms with van der Waals surface area (Å²) in [7, 11) is 1.67. The van der Waals surface area contributed by atoms with Gasteiger partial charge in [-0.3, -0.25) is 4.68 Å². The van der Waals surface area contributed by atoms with Gasteiger partial charge < -0.3 is 5.11 Å². The lowest BCUT2D eigenvalue weighted by Gasteiger charge is -2.12. The first-order valence-corrected chi connectivity index (χ1v) is 5.22. The molecule has 0 aliphatic rings. The van der Waals surface area contributed by atoms with Crippen molar-refractivity contribution in [1.29, 1.82) is 0 Å². The molecule has 18 heavy (non-hydrogen) atoms. The lowest BCUT2D eigenvalue weighted by molar-refractivity contribution is -0.137. The third kappa shape index (κ3) is 2.53. The molecule has 0 bridgehead atoms. The molecule has 0 aliphatic heterocycles. The molecule has 1 heterocycles. The number of hydrogen-bond donors (Lipinski definition) is 1. The van der Waals surface area contributed by atoms with Crippen LogP contribution in [0.15, 0.2) is 36.5 Å². The third-order valence-corrected chi connectivity index (χ3v) is 2.54. The number of alkyl halides is 3. The van der Waals surface area contributed by atoms with Gasteiger partial charge in [0.1, 0.15) is 6.10 Å².